The zero-order valence-electron chi connectivity index (χ0n) is 17.1. The normalized spacial score (nSPS) is 10.9. The number of aromatic nitrogens is 5. The predicted molar refractivity (Wildman–Crippen MR) is 119 cm³/mol. The maximum Gasteiger partial charge on any atom is 0.234 e. The molecule has 31 heavy (non-hydrogen) atoms. The summed E-state index contributed by atoms with van der Waals surface area (Å²) in [5.41, 5.74) is 2.83. The minimum absolute atomic E-state index is 0.0883. The van der Waals surface area contributed by atoms with Crippen LogP contribution in [0.15, 0.2) is 66.0 Å². The van der Waals surface area contributed by atoms with Crippen molar-refractivity contribution in [3.05, 3.63) is 66.6 Å². The van der Waals surface area contributed by atoms with Gasteiger partial charge in [-0.1, -0.05) is 54.2 Å². The van der Waals surface area contributed by atoms with Crippen molar-refractivity contribution in [3.63, 3.8) is 0 Å². The minimum Gasteiger partial charge on any atom is -0.323 e. The van der Waals surface area contributed by atoms with Crippen molar-refractivity contribution in [1.29, 1.82) is 0 Å². The van der Waals surface area contributed by atoms with Crippen molar-refractivity contribution in [2.75, 3.05) is 11.1 Å². The van der Waals surface area contributed by atoms with Crippen molar-refractivity contribution in [1.82, 2.24) is 24.5 Å². The van der Waals surface area contributed by atoms with Gasteiger partial charge in [0.15, 0.2) is 11.0 Å². The second-order valence-electron chi connectivity index (χ2n) is 6.80. The quantitative estimate of drug-likeness (QED) is 0.439. The van der Waals surface area contributed by atoms with E-state index in [9.17, 15) is 9.18 Å². The van der Waals surface area contributed by atoms with E-state index >= 15 is 0 Å². The maximum atomic E-state index is 13.7. The van der Waals surface area contributed by atoms with E-state index < -0.39 is 5.82 Å². The molecular weight excluding hydrogens is 415 g/mol. The van der Waals surface area contributed by atoms with Gasteiger partial charge in [-0.15, -0.1) is 10.2 Å². The second-order valence-corrected chi connectivity index (χ2v) is 7.74. The third-order valence-electron chi connectivity index (χ3n) is 4.63. The van der Waals surface area contributed by atoms with Gasteiger partial charge in [-0.3, -0.25) is 9.48 Å². The van der Waals surface area contributed by atoms with Crippen LogP contribution < -0.4 is 5.32 Å². The fourth-order valence-corrected chi connectivity index (χ4v) is 4.02. The molecule has 0 radical (unpaired) electrons. The minimum atomic E-state index is -0.468. The number of aryl methyl sites for hydroxylation is 1. The maximum absolute atomic E-state index is 13.7. The first-order valence-corrected chi connectivity index (χ1v) is 10.7. The Labute approximate surface area is 183 Å². The summed E-state index contributed by atoms with van der Waals surface area (Å²) in [6.45, 7) is 2.62. The predicted octanol–water partition coefficient (Wildman–Crippen LogP) is 4.24. The zero-order chi connectivity index (χ0) is 21.8. The molecule has 4 aromatic rings. The molecule has 0 aliphatic carbocycles. The van der Waals surface area contributed by atoms with Crippen LogP contribution in [0.3, 0.4) is 0 Å². The van der Waals surface area contributed by atoms with Gasteiger partial charge >= 0.3 is 0 Å². The van der Waals surface area contributed by atoms with Crippen LogP contribution >= 0.6 is 11.8 Å². The molecule has 0 atom stereocenters. The van der Waals surface area contributed by atoms with Crippen LogP contribution in [0, 0.1) is 5.82 Å². The molecule has 0 fully saturated rings. The molecule has 7 nitrogen and oxygen atoms in total. The van der Waals surface area contributed by atoms with Gasteiger partial charge in [0.1, 0.15) is 11.5 Å². The summed E-state index contributed by atoms with van der Waals surface area (Å²) in [5.74, 6) is -0.00425. The zero-order valence-corrected chi connectivity index (χ0v) is 17.9. The number of carbonyl (C=O) groups is 1. The van der Waals surface area contributed by atoms with E-state index in [2.05, 4.69) is 20.6 Å². The van der Waals surface area contributed by atoms with E-state index in [0.29, 0.717) is 17.5 Å². The first-order valence-electron chi connectivity index (χ1n) is 9.76. The lowest BCUT2D eigenvalue weighted by Gasteiger charge is -2.08. The Kier molecular flexibility index (Phi) is 6.13. The number of carbonyl (C=O) groups excluding carboxylic acids is 1. The molecule has 4 rings (SSSR count). The number of hydrogen-bond donors (Lipinski definition) is 1. The van der Waals surface area contributed by atoms with Crippen LogP contribution in [0.25, 0.3) is 22.6 Å². The molecule has 0 saturated heterocycles. The lowest BCUT2D eigenvalue weighted by Crippen LogP contribution is -2.15. The number of para-hydroxylation sites is 1. The number of amides is 1. The standard InChI is InChI=1S/C22H21FN6OS/c1-3-29-21(16-13-28(2)27-20(16)15-9-5-4-6-10-15)25-26-22(29)31-14-19(30)24-18-12-8-7-11-17(18)23/h4-13H,3,14H2,1-2H3,(H,24,30). The summed E-state index contributed by atoms with van der Waals surface area (Å²) in [4.78, 5) is 12.3. The van der Waals surface area contributed by atoms with Crippen LogP contribution in [-0.4, -0.2) is 36.2 Å². The Bertz CT molecular complexity index is 1200. The monoisotopic (exact) mass is 436 g/mol. The molecule has 0 bridgehead atoms. The molecule has 2 aromatic carbocycles. The number of thioether (sulfide) groups is 1. The molecule has 1 N–H and O–H groups in total. The highest BCUT2D eigenvalue weighted by Crippen LogP contribution is 2.31. The van der Waals surface area contributed by atoms with Crippen LogP contribution in [0.5, 0.6) is 0 Å². The van der Waals surface area contributed by atoms with Crippen molar-refractivity contribution < 1.29 is 9.18 Å². The molecule has 0 saturated carbocycles. The van der Waals surface area contributed by atoms with E-state index in [1.54, 1.807) is 16.8 Å². The van der Waals surface area contributed by atoms with Crippen molar-refractivity contribution in [2.45, 2.75) is 18.6 Å². The summed E-state index contributed by atoms with van der Waals surface area (Å²) in [7, 11) is 1.87. The first kappa shape index (κ1) is 20.8. The largest absolute Gasteiger partial charge is 0.323 e. The van der Waals surface area contributed by atoms with Gasteiger partial charge < -0.3 is 9.88 Å². The fraction of sp³-hybridized carbons (Fsp3) is 0.182. The van der Waals surface area contributed by atoms with Gasteiger partial charge in [-0.2, -0.15) is 5.10 Å². The molecule has 2 heterocycles. The molecule has 1 amide bonds. The Hall–Kier alpha value is -3.46. The molecule has 0 aliphatic rings. The highest BCUT2D eigenvalue weighted by atomic mass is 32.2. The van der Waals surface area contributed by atoms with E-state index in [4.69, 9.17) is 0 Å². The molecule has 0 spiro atoms. The van der Waals surface area contributed by atoms with Gasteiger partial charge in [-0.05, 0) is 19.1 Å². The molecule has 9 heteroatoms. The number of hydrogen-bond acceptors (Lipinski definition) is 5. The van der Waals surface area contributed by atoms with Gasteiger partial charge in [0, 0.05) is 25.4 Å². The molecule has 0 aliphatic heterocycles. The van der Waals surface area contributed by atoms with E-state index in [-0.39, 0.29) is 17.3 Å². The Morgan fingerprint density at radius 1 is 1.10 bits per heavy atom. The molecule has 158 valence electrons. The van der Waals surface area contributed by atoms with Crippen LogP contribution in [-0.2, 0) is 18.4 Å². The van der Waals surface area contributed by atoms with E-state index in [0.717, 1.165) is 16.8 Å². The third kappa shape index (κ3) is 4.51. The van der Waals surface area contributed by atoms with Gasteiger partial charge in [-0.25, -0.2) is 4.39 Å². The summed E-state index contributed by atoms with van der Waals surface area (Å²) >= 11 is 1.26. The highest BCUT2D eigenvalue weighted by Gasteiger charge is 2.20. The van der Waals surface area contributed by atoms with Crippen LogP contribution in [0.1, 0.15) is 6.92 Å². The number of rotatable bonds is 7. The number of anilines is 1. The van der Waals surface area contributed by atoms with Crippen molar-refractivity contribution >= 4 is 23.4 Å². The summed E-state index contributed by atoms with van der Waals surface area (Å²) in [6, 6.07) is 16.0. The number of halogens is 1. The smallest absolute Gasteiger partial charge is 0.234 e. The molecular formula is C22H21FN6OS. The SMILES string of the molecule is CCn1c(SCC(=O)Nc2ccccc2F)nnc1-c1cn(C)nc1-c1ccccc1. The number of nitrogens with zero attached hydrogens (tertiary/aromatic N) is 5. The van der Waals surface area contributed by atoms with Gasteiger partial charge in [0.05, 0.1) is 17.0 Å². The van der Waals surface area contributed by atoms with Gasteiger partial charge in [0.25, 0.3) is 0 Å². The Morgan fingerprint density at radius 3 is 2.58 bits per heavy atom. The molecule has 2 aromatic heterocycles. The highest BCUT2D eigenvalue weighted by molar-refractivity contribution is 7.99. The number of nitrogens with one attached hydrogen (secondary N) is 1. The van der Waals surface area contributed by atoms with Crippen molar-refractivity contribution in [2.24, 2.45) is 7.05 Å². The molecule has 0 unspecified atom stereocenters. The van der Waals surface area contributed by atoms with E-state index in [1.807, 2.05) is 55.1 Å². The topological polar surface area (TPSA) is 77.6 Å². The second kappa shape index (κ2) is 9.13. The van der Waals surface area contributed by atoms with Gasteiger partial charge in [0.2, 0.25) is 5.91 Å². The lowest BCUT2D eigenvalue weighted by atomic mass is 10.1. The lowest BCUT2D eigenvalue weighted by molar-refractivity contribution is -0.113. The van der Waals surface area contributed by atoms with Crippen LogP contribution in [0.4, 0.5) is 10.1 Å². The summed E-state index contributed by atoms with van der Waals surface area (Å²) in [6.07, 6.45) is 1.91. The van der Waals surface area contributed by atoms with E-state index in [1.165, 1.54) is 23.9 Å². The van der Waals surface area contributed by atoms with Crippen molar-refractivity contribution in [3.8, 4) is 22.6 Å². The Morgan fingerprint density at radius 2 is 1.84 bits per heavy atom. The fourth-order valence-electron chi connectivity index (χ4n) is 3.22. The summed E-state index contributed by atoms with van der Waals surface area (Å²) in [5, 5.41) is 16.5. The first-order chi connectivity index (χ1) is 15.1. The van der Waals surface area contributed by atoms with Crippen LogP contribution in [0.2, 0.25) is 0 Å². The average molecular weight is 437 g/mol. The number of benzene rings is 2. The average Bonchev–Trinajstić information content (AvgIpc) is 3.37. The summed E-state index contributed by atoms with van der Waals surface area (Å²) < 4.78 is 17.4. The third-order valence-corrected chi connectivity index (χ3v) is 5.60. The Balaban J connectivity index is 1.55.